The lowest BCUT2D eigenvalue weighted by Crippen LogP contribution is -2.57. The van der Waals surface area contributed by atoms with E-state index in [-0.39, 0.29) is 24.1 Å². The van der Waals surface area contributed by atoms with Gasteiger partial charge >= 0.3 is 6.03 Å². The van der Waals surface area contributed by atoms with Crippen LogP contribution in [0.2, 0.25) is 10.0 Å². The number of aliphatic hydroxyl groups excluding tert-OH is 1. The third-order valence-corrected chi connectivity index (χ3v) is 9.06. The van der Waals surface area contributed by atoms with Gasteiger partial charge in [-0.25, -0.2) is 4.79 Å². The molecule has 1 N–H and O–H groups in total. The summed E-state index contributed by atoms with van der Waals surface area (Å²) in [4.78, 5) is 35.1. The molecule has 3 aliphatic heterocycles. The van der Waals surface area contributed by atoms with Crippen molar-refractivity contribution in [3.8, 4) is 0 Å². The van der Waals surface area contributed by atoms with Gasteiger partial charge in [-0.3, -0.25) is 4.79 Å². The van der Waals surface area contributed by atoms with Crippen LogP contribution in [-0.2, 0) is 4.79 Å². The molecule has 1 aliphatic carbocycles. The Morgan fingerprint density at radius 2 is 1.65 bits per heavy atom. The zero-order valence-corrected chi connectivity index (χ0v) is 21.1. The summed E-state index contributed by atoms with van der Waals surface area (Å²) < 4.78 is 0. The number of anilines is 1. The van der Waals surface area contributed by atoms with Gasteiger partial charge in [0, 0.05) is 57.5 Å². The fraction of sp³-hybridized carbons (Fsp3) is 0.680. The quantitative estimate of drug-likeness (QED) is 0.658. The Hall–Kier alpha value is -1.70. The summed E-state index contributed by atoms with van der Waals surface area (Å²) in [5, 5.41) is 10.9. The summed E-state index contributed by atoms with van der Waals surface area (Å²) in [5.41, 5.74) is 0.594. The van der Waals surface area contributed by atoms with Crippen LogP contribution in [0, 0.1) is 5.41 Å². The zero-order chi connectivity index (χ0) is 23.9. The van der Waals surface area contributed by atoms with Gasteiger partial charge in [0.2, 0.25) is 5.91 Å². The maximum atomic E-state index is 13.5. The van der Waals surface area contributed by atoms with Gasteiger partial charge in [-0.15, -0.1) is 0 Å². The lowest BCUT2D eigenvalue weighted by Gasteiger charge is -2.43. The third-order valence-electron chi connectivity index (χ3n) is 8.32. The molecule has 9 heteroatoms. The molecule has 4 aliphatic rings. The van der Waals surface area contributed by atoms with Crippen LogP contribution in [0.25, 0.3) is 0 Å². The van der Waals surface area contributed by atoms with Gasteiger partial charge in [-0.1, -0.05) is 23.2 Å². The molecule has 0 bridgehead atoms. The Balaban J connectivity index is 1.18. The van der Waals surface area contributed by atoms with E-state index in [1.165, 1.54) is 0 Å². The van der Waals surface area contributed by atoms with Crippen molar-refractivity contribution in [2.75, 3.05) is 50.7 Å². The molecule has 3 heterocycles. The number of hydrogen-bond acceptors (Lipinski definition) is 4. The van der Waals surface area contributed by atoms with Crippen molar-refractivity contribution in [3.63, 3.8) is 0 Å². The summed E-state index contributed by atoms with van der Waals surface area (Å²) in [6.45, 7) is 4.80. The average Bonchev–Trinajstić information content (AvgIpc) is 3.16. The number of hydrogen-bond donors (Lipinski definition) is 1. The lowest BCUT2D eigenvalue weighted by atomic mass is 9.78. The summed E-state index contributed by atoms with van der Waals surface area (Å²) in [7, 11) is 0. The van der Waals surface area contributed by atoms with Gasteiger partial charge in [0.15, 0.2) is 0 Å². The average molecular weight is 509 g/mol. The minimum atomic E-state index is -0.425. The normalized spacial score (nSPS) is 30.4. The predicted octanol–water partition coefficient (Wildman–Crippen LogP) is 3.85. The molecule has 1 aromatic rings. The van der Waals surface area contributed by atoms with Gasteiger partial charge in [0.05, 0.1) is 21.6 Å². The molecule has 7 nitrogen and oxygen atoms in total. The highest BCUT2D eigenvalue weighted by atomic mass is 35.5. The third kappa shape index (κ3) is 4.59. The van der Waals surface area contributed by atoms with E-state index >= 15 is 0 Å². The number of piperazine rings is 1. The molecule has 4 fully saturated rings. The van der Waals surface area contributed by atoms with Crippen molar-refractivity contribution in [1.29, 1.82) is 0 Å². The van der Waals surface area contributed by atoms with E-state index in [1.54, 1.807) is 6.07 Å². The number of piperidine rings is 1. The highest BCUT2D eigenvalue weighted by Crippen LogP contribution is 2.42. The number of likely N-dealkylation sites (tertiary alicyclic amines) is 2. The second-order valence-corrected chi connectivity index (χ2v) is 11.2. The number of benzene rings is 1. The lowest BCUT2D eigenvalue weighted by molar-refractivity contribution is -0.141. The number of urea groups is 1. The Labute approximate surface area is 211 Å². The molecule has 0 radical (unpaired) electrons. The van der Waals surface area contributed by atoms with Crippen LogP contribution in [-0.4, -0.2) is 89.7 Å². The number of aliphatic hydroxyl groups is 1. The van der Waals surface area contributed by atoms with Crippen LogP contribution in [0.3, 0.4) is 0 Å². The minimum Gasteiger partial charge on any atom is -0.393 e. The second-order valence-electron chi connectivity index (χ2n) is 10.4. The van der Waals surface area contributed by atoms with Gasteiger partial charge in [-0.2, -0.15) is 0 Å². The first-order chi connectivity index (χ1) is 16.4. The minimum absolute atomic E-state index is 0.0555. The van der Waals surface area contributed by atoms with Crippen molar-refractivity contribution < 1.29 is 14.7 Å². The van der Waals surface area contributed by atoms with E-state index in [0.29, 0.717) is 29.7 Å². The van der Waals surface area contributed by atoms with Crippen LogP contribution in [0.5, 0.6) is 0 Å². The van der Waals surface area contributed by atoms with Crippen molar-refractivity contribution in [2.24, 2.45) is 5.41 Å². The number of amides is 3. The van der Waals surface area contributed by atoms with Gasteiger partial charge in [0.1, 0.15) is 0 Å². The first-order valence-electron chi connectivity index (χ1n) is 12.6. The SMILES string of the molecule is O=C(N1CCN(c2ccc(Cl)c(Cl)c2)CC1)N1CCC[C@@]2(CCN(C3CCC(O)CC3)C2=O)C1. The maximum absolute atomic E-state index is 13.5. The molecule has 1 aromatic carbocycles. The van der Waals surface area contributed by atoms with E-state index in [1.807, 2.05) is 21.9 Å². The Morgan fingerprint density at radius 1 is 0.912 bits per heavy atom. The van der Waals surface area contributed by atoms with Crippen molar-refractivity contribution in [3.05, 3.63) is 28.2 Å². The van der Waals surface area contributed by atoms with E-state index < -0.39 is 5.41 Å². The molecule has 3 saturated heterocycles. The van der Waals surface area contributed by atoms with E-state index in [0.717, 1.165) is 76.8 Å². The van der Waals surface area contributed by atoms with E-state index in [9.17, 15) is 14.7 Å². The van der Waals surface area contributed by atoms with Crippen LogP contribution >= 0.6 is 23.2 Å². The number of carbonyl (C=O) groups is 2. The van der Waals surface area contributed by atoms with Crippen LogP contribution in [0.15, 0.2) is 18.2 Å². The Morgan fingerprint density at radius 3 is 2.35 bits per heavy atom. The number of halogens is 2. The molecular formula is C25H34Cl2N4O3. The first-order valence-corrected chi connectivity index (χ1v) is 13.3. The molecule has 34 heavy (non-hydrogen) atoms. The molecule has 1 spiro atoms. The largest absolute Gasteiger partial charge is 0.393 e. The summed E-state index contributed by atoms with van der Waals surface area (Å²) in [6.07, 6.45) is 5.68. The molecule has 1 saturated carbocycles. The summed E-state index contributed by atoms with van der Waals surface area (Å²) >= 11 is 12.2. The Kier molecular flexibility index (Phi) is 6.88. The van der Waals surface area contributed by atoms with Crippen molar-refractivity contribution in [1.82, 2.24) is 14.7 Å². The number of rotatable bonds is 2. The predicted molar refractivity (Wildman–Crippen MR) is 133 cm³/mol. The fourth-order valence-electron chi connectivity index (χ4n) is 6.28. The van der Waals surface area contributed by atoms with Gasteiger partial charge in [-0.05, 0) is 63.1 Å². The molecular weight excluding hydrogens is 475 g/mol. The molecule has 3 amide bonds. The first kappa shape index (κ1) is 24.0. The summed E-state index contributed by atoms with van der Waals surface area (Å²) in [5.74, 6) is 0.232. The number of carbonyl (C=O) groups excluding carboxylic acids is 2. The molecule has 5 rings (SSSR count). The van der Waals surface area contributed by atoms with E-state index in [2.05, 4.69) is 9.80 Å². The smallest absolute Gasteiger partial charge is 0.320 e. The molecule has 1 atom stereocenters. The summed E-state index contributed by atoms with van der Waals surface area (Å²) in [6, 6.07) is 5.95. The van der Waals surface area contributed by atoms with Crippen molar-refractivity contribution in [2.45, 2.75) is 57.1 Å². The fourth-order valence-corrected chi connectivity index (χ4v) is 6.57. The van der Waals surface area contributed by atoms with Gasteiger partial charge < -0.3 is 24.7 Å². The molecule has 0 aromatic heterocycles. The van der Waals surface area contributed by atoms with Gasteiger partial charge in [0.25, 0.3) is 0 Å². The standard InChI is InChI=1S/C25H34Cl2N4O3/c26-21-7-4-19(16-22(21)27)28-12-14-29(15-13-28)24(34)30-10-1-8-25(17-30)9-11-31(23(25)33)18-2-5-20(32)6-3-18/h4,7,16,18,20,32H,1-3,5-6,8-15,17H2/t18?,20?,25-/m1/s1. The maximum Gasteiger partial charge on any atom is 0.320 e. The van der Waals surface area contributed by atoms with Crippen LogP contribution in [0.4, 0.5) is 10.5 Å². The number of nitrogens with zero attached hydrogens (tertiary/aromatic N) is 4. The van der Waals surface area contributed by atoms with Crippen LogP contribution in [0.1, 0.15) is 44.9 Å². The molecule has 0 unspecified atom stereocenters. The Bertz CT molecular complexity index is 931. The highest BCUT2D eigenvalue weighted by molar-refractivity contribution is 6.42. The monoisotopic (exact) mass is 508 g/mol. The van der Waals surface area contributed by atoms with Crippen LogP contribution < -0.4 is 4.90 Å². The second kappa shape index (κ2) is 9.75. The topological polar surface area (TPSA) is 67.3 Å². The molecule has 186 valence electrons. The van der Waals surface area contributed by atoms with Crippen molar-refractivity contribution >= 4 is 40.8 Å². The highest BCUT2D eigenvalue weighted by Gasteiger charge is 2.51. The van der Waals surface area contributed by atoms with E-state index in [4.69, 9.17) is 23.2 Å². The zero-order valence-electron chi connectivity index (χ0n) is 19.6.